The number of methoxy groups -OCH3 is 1. The monoisotopic (exact) mass is 345 g/mol. The van der Waals surface area contributed by atoms with Crippen LogP contribution in [0.5, 0.6) is 0 Å². The van der Waals surface area contributed by atoms with Gasteiger partial charge in [0.2, 0.25) is 0 Å². The van der Waals surface area contributed by atoms with Gasteiger partial charge in [0.05, 0.1) is 11.6 Å². The average molecular weight is 346 g/mol. The molecule has 19 heavy (non-hydrogen) atoms. The molecule has 2 nitrogen and oxygen atoms in total. The molecule has 0 aliphatic heterocycles. The molecule has 1 aromatic heterocycles. The third-order valence-corrected chi connectivity index (χ3v) is 5.94. The van der Waals surface area contributed by atoms with E-state index in [2.05, 4.69) is 38.9 Å². The van der Waals surface area contributed by atoms with Crippen LogP contribution in [-0.2, 0) is 4.74 Å². The molecule has 0 radical (unpaired) electrons. The Morgan fingerprint density at radius 1 is 1.37 bits per heavy atom. The number of hydrogen-bond acceptors (Lipinski definition) is 3. The van der Waals surface area contributed by atoms with E-state index in [1.165, 1.54) is 29.3 Å². The molecule has 0 saturated heterocycles. The molecule has 1 saturated carbocycles. The first-order valence-corrected chi connectivity index (χ1v) is 8.97. The Labute approximate surface area is 129 Å². The van der Waals surface area contributed by atoms with Gasteiger partial charge in [-0.3, -0.25) is 0 Å². The van der Waals surface area contributed by atoms with Crippen LogP contribution in [0.25, 0.3) is 0 Å². The summed E-state index contributed by atoms with van der Waals surface area (Å²) >= 11 is 5.45. The number of rotatable bonds is 6. The topological polar surface area (TPSA) is 21.3 Å². The maximum Gasteiger partial charge on any atom is 0.0873 e. The quantitative estimate of drug-likeness (QED) is 0.791. The van der Waals surface area contributed by atoms with Crippen molar-refractivity contribution in [2.45, 2.75) is 57.1 Å². The first-order valence-electron chi connectivity index (χ1n) is 7.23. The third-order valence-electron chi connectivity index (χ3n) is 4.18. The molecule has 1 N–H and O–H groups in total. The lowest BCUT2D eigenvalue weighted by atomic mass is 9.77. The van der Waals surface area contributed by atoms with Gasteiger partial charge < -0.3 is 10.1 Å². The molecular formula is C15H24BrNOS. The molecule has 1 atom stereocenters. The van der Waals surface area contributed by atoms with Crippen molar-refractivity contribution in [2.24, 2.45) is 0 Å². The van der Waals surface area contributed by atoms with Gasteiger partial charge in [-0.1, -0.05) is 26.2 Å². The van der Waals surface area contributed by atoms with Gasteiger partial charge in [0.25, 0.3) is 0 Å². The van der Waals surface area contributed by atoms with Gasteiger partial charge in [-0.15, -0.1) is 0 Å². The van der Waals surface area contributed by atoms with E-state index in [-0.39, 0.29) is 5.60 Å². The second kappa shape index (κ2) is 7.21. The van der Waals surface area contributed by atoms with E-state index in [0.717, 1.165) is 25.8 Å². The van der Waals surface area contributed by atoms with Gasteiger partial charge in [0, 0.05) is 17.0 Å². The average Bonchev–Trinajstić information content (AvgIpc) is 2.86. The van der Waals surface area contributed by atoms with E-state index >= 15 is 0 Å². The van der Waals surface area contributed by atoms with E-state index in [0.29, 0.717) is 6.04 Å². The molecule has 0 spiro atoms. The summed E-state index contributed by atoms with van der Waals surface area (Å²) in [4.78, 5) is 0. The van der Waals surface area contributed by atoms with Gasteiger partial charge in [0.15, 0.2) is 0 Å². The summed E-state index contributed by atoms with van der Waals surface area (Å²) in [5.41, 5.74) is 1.33. The number of hydrogen-bond donors (Lipinski definition) is 1. The van der Waals surface area contributed by atoms with Crippen molar-refractivity contribution < 1.29 is 4.74 Å². The zero-order valence-electron chi connectivity index (χ0n) is 11.9. The van der Waals surface area contributed by atoms with E-state index in [1.54, 1.807) is 11.3 Å². The SMILES string of the molecule is CCCNC(c1cscc1Br)C1(OC)CCCCC1. The predicted octanol–water partition coefficient (Wildman–Crippen LogP) is 4.90. The molecule has 1 heterocycles. The fraction of sp³-hybridized carbons (Fsp3) is 0.733. The van der Waals surface area contributed by atoms with Crippen molar-refractivity contribution in [3.8, 4) is 0 Å². The standard InChI is InChI=1S/C15H24BrNOS/c1-3-9-17-14(12-10-19-11-13(12)16)15(18-2)7-5-4-6-8-15/h10-11,14,17H,3-9H2,1-2H3. The van der Waals surface area contributed by atoms with Crippen LogP contribution in [0.3, 0.4) is 0 Å². The Morgan fingerprint density at radius 2 is 2.11 bits per heavy atom. The Morgan fingerprint density at radius 3 is 2.63 bits per heavy atom. The smallest absolute Gasteiger partial charge is 0.0873 e. The van der Waals surface area contributed by atoms with Crippen LogP contribution in [0.1, 0.15) is 57.1 Å². The van der Waals surface area contributed by atoms with Crippen LogP contribution in [-0.4, -0.2) is 19.3 Å². The van der Waals surface area contributed by atoms with E-state index in [4.69, 9.17) is 4.74 Å². The highest BCUT2D eigenvalue weighted by atomic mass is 79.9. The third kappa shape index (κ3) is 3.41. The normalized spacial score (nSPS) is 20.4. The summed E-state index contributed by atoms with van der Waals surface area (Å²) in [5, 5.41) is 8.15. The summed E-state index contributed by atoms with van der Waals surface area (Å²) in [6, 6.07) is 0.304. The zero-order valence-corrected chi connectivity index (χ0v) is 14.3. The Kier molecular flexibility index (Phi) is 5.87. The lowest BCUT2D eigenvalue weighted by Gasteiger charge is -2.43. The molecule has 0 bridgehead atoms. The van der Waals surface area contributed by atoms with Crippen LogP contribution in [0.4, 0.5) is 0 Å². The minimum Gasteiger partial charge on any atom is -0.376 e. The van der Waals surface area contributed by atoms with Crippen molar-refractivity contribution in [1.29, 1.82) is 0 Å². The van der Waals surface area contributed by atoms with Gasteiger partial charge in [-0.05, 0) is 52.7 Å². The van der Waals surface area contributed by atoms with Crippen LogP contribution in [0.2, 0.25) is 0 Å². The van der Waals surface area contributed by atoms with Gasteiger partial charge >= 0.3 is 0 Å². The Balaban J connectivity index is 2.27. The minimum absolute atomic E-state index is 0.0307. The summed E-state index contributed by atoms with van der Waals surface area (Å²) in [6.07, 6.45) is 7.37. The lowest BCUT2D eigenvalue weighted by Crippen LogP contribution is -2.47. The second-order valence-electron chi connectivity index (χ2n) is 5.39. The largest absolute Gasteiger partial charge is 0.376 e. The molecule has 108 valence electrons. The summed E-state index contributed by atoms with van der Waals surface area (Å²) < 4.78 is 7.25. The summed E-state index contributed by atoms with van der Waals surface area (Å²) in [5.74, 6) is 0. The highest BCUT2D eigenvalue weighted by Crippen LogP contribution is 2.43. The Bertz CT molecular complexity index is 387. The van der Waals surface area contributed by atoms with Crippen molar-refractivity contribution in [3.63, 3.8) is 0 Å². The van der Waals surface area contributed by atoms with E-state index in [9.17, 15) is 0 Å². The molecule has 1 aromatic rings. The summed E-state index contributed by atoms with van der Waals surface area (Å²) in [6.45, 7) is 3.26. The van der Waals surface area contributed by atoms with Crippen LogP contribution < -0.4 is 5.32 Å². The van der Waals surface area contributed by atoms with E-state index in [1.807, 2.05) is 7.11 Å². The maximum atomic E-state index is 6.04. The van der Waals surface area contributed by atoms with Crippen molar-refractivity contribution in [2.75, 3.05) is 13.7 Å². The molecule has 1 aliphatic carbocycles. The number of thiophene rings is 1. The number of nitrogens with one attached hydrogen (secondary N) is 1. The molecular weight excluding hydrogens is 322 g/mol. The minimum atomic E-state index is -0.0307. The van der Waals surface area contributed by atoms with Crippen LogP contribution in [0.15, 0.2) is 15.2 Å². The van der Waals surface area contributed by atoms with Gasteiger partial charge in [-0.25, -0.2) is 0 Å². The molecule has 4 heteroatoms. The second-order valence-corrected chi connectivity index (χ2v) is 6.99. The lowest BCUT2D eigenvalue weighted by molar-refractivity contribution is -0.0687. The maximum absolute atomic E-state index is 6.04. The highest BCUT2D eigenvalue weighted by molar-refractivity contribution is 9.10. The molecule has 0 aromatic carbocycles. The molecule has 0 amide bonds. The van der Waals surface area contributed by atoms with Crippen LogP contribution in [0, 0.1) is 0 Å². The van der Waals surface area contributed by atoms with Gasteiger partial charge in [-0.2, -0.15) is 11.3 Å². The first-order chi connectivity index (χ1) is 9.23. The Hall–Kier alpha value is 0.1000. The van der Waals surface area contributed by atoms with Crippen molar-refractivity contribution >= 4 is 27.3 Å². The van der Waals surface area contributed by atoms with Crippen LogP contribution >= 0.6 is 27.3 Å². The molecule has 2 rings (SSSR count). The number of ether oxygens (including phenoxy) is 1. The van der Waals surface area contributed by atoms with Crippen molar-refractivity contribution in [1.82, 2.24) is 5.32 Å². The molecule has 1 unspecified atom stereocenters. The first kappa shape index (κ1) is 15.5. The molecule has 1 aliphatic rings. The highest BCUT2D eigenvalue weighted by Gasteiger charge is 2.41. The summed E-state index contributed by atoms with van der Waals surface area (Å²) in [7, 11) is 1.88. The fourth-order valence-corrected chi connectivity index (χ4v) is 4.68. The molecule has 1 fully saturated rings. The van der Waals surface area contributed by atoms with Crippen molar-refractivity contribution in [3.05, 3.63) is 20.8 Å². The van der Waals surface area contributed by atoms with E-state index < -0.39 is 0 Å². The predicted molar refractivity (Wildman–Crippen MR) is 85.9 cm³/mol. The fourth-order valence-electron chi connectivity index (χ4n) is 3.13. The van der Waals surface area contributed by atoms with Gasteiger partial charge in [0.1, 0.15) is 0 Å². The number of halogens is 1. The zero-order chi connectivity index (χ0) is 13.7.